The van der Waals surface area contributed by atoms with E-state index in [1.807, 2.05) is 11.9 Å². The Labute approximate surface area is 89.6 Å². The molecule has 0 radical (unpaired) electrons. The van der Waals surface area contributed by atoms with E-state index in [9.17, 15) is 9.90 Å². The van der Waals surface area contributed by atoms with Crippen LogP contribution in [0.3, 0.4) is 0 Å². The Morgan fingerprint density at radius 1 is 1.67 bits per heavy atom. The summed E-state index contributed by atoms with van der Waals surface area (Å²) in [7, 11) is 1.83. The number of hydrogen-bond acceptors (Lipinski definition) is 4. The van der Waals surface area contributed by atoms with E-state index in [1.54, 1.807) is 25.3 Å². The fourth-order valence-electron chi connectivity index (χ4n) is 1.34. The lowest BCUT2D eigenvalue weighted by Crippen LogP contribution is -2.27. The van der Waals surface area contributed by atoms with Gasteiger partial charge in [0, 0.05) is 25.4 Å². The predicted molar refractivity (Wildman–Crippen MR) is 59.2 cm³/mol. The summed E-state index contributed by atoms with van der Waals surface area (Å²) in [5.74, 6) is 0.715. The summed E-state index contributed by atoms with van der Waals surface area (Å²) >= 11 is 0. The van der Waals surface area contributed by atoms with Gasteiger partial charge in [0.1, 0.15) is 5.82 Å². The molecule has 4 heteroatoms. The van der Waals surface area contributed by atoms with Crippen LogP contribution in [0.25, 0.3) is 0 Å². The first-order valence-electron chi connectivity index (χ1n) is 4.87. The van der Waals surface area contributed by atoms with Crippen LogP contribution in [0.5, 0.6) is 0 Å². The molecule has 1 aromatic heterocycles. The molecule has 0 aliphatic rings. The molecule has 15 heavy (non-hydrogen) atoms. The van der Waals surface area contributed by atoms with E-state index in [2.05, 4.69) is 4.98 Å². The third kappa shape index (κ3) is 3.32. The van der Waals surface area contributed by atoms with E-state index < -0.39 is 6.10 Å². The highest BCUT2D eigenvalue weighted by atomic mass is 16.3. The third-order valence-electron chi connectivity index (χ3n) is 2.08. The Kier molecular flexibility index (Phi) is 3.80. The maximum atomic E-state index is 11.1. The zero-order chi connectivity index (χ0) is 11.4. The summed E-state index contributed by atoms with van der Waals surface area (Å²) in [6.07, 6.45) is 1.18. The van der Waals surface area contributed by atoms with Crippen molar-refractivity contribution >= 4 is 11.6 Å². The molecule has 1 N–H and O–H groups in total. The van der Waals surface area contributed by atoms with Crippen LogP contribution in [-0.2, 0) is 0 Å². The van der Waals surface area contributed by atoms with Crippen molar-refractivity contribution in [2.75, 3.05) is 18.5 Å². The molecule has 0 spiro atoms. The van der Waals surface area contributed by atoms with Crippen molar-refractivity contribution in [3.63, 3.8) is 0 Å². The molecule has 4 nitrogen and oxygen atoms in total. The number of carbonyl (C=O) groups excluding carboxylic acids is 1. The van der Waals surface area contributed by atoms with Crippen LogP contribution in [0.4, 0.5) is 5.82 Å². The van der Waals surface area contributed by atoms with E-state index in [-0.39, 0.29) is 5.78 Å². The molecule has 0 fully saturated rings. The summed E-state index contributed by atoms with van der Waals surface area (Å²) in [5.41, 5.74) is 0.637. The SMILES string of the molecule is CC(=O)c1ccnc(N(C)CC(C)O)c1. The quantitative estimate of drug-likeness (QED) is 0.753. The van der Waals surface area contributed by atoms with E-state index in [1.165, 1.54) is 6.92 Å². The first kappa shape index (κ1) is 11.7. The number of nitrogens with zero attached hydrogens (tertiary/aromatic N) is 2. The molecule has 1 heterocycles. The van der Waals surface area contributed by atoms with Crippen molar-refractivity contribution in [3.8, 4) is 0 Å². The van der Waals surface area contributed by atoms with E-state index in [0.717, 1.165) is 0 Å². The highest BCUT2D eigenvalue weighted by Gasteiger charge is 2.07. The average molecular weight is 208 g/mol. The molecule has 0 amide bonds. The maximum Gasteiger partial charge on any atom is 0.159 e. The predicted octanol–water partition coefficient (Wildman–Crippen LogP) is 1.10. The molecule has 0 saturated carbocycles. The van der Waals surface area contributed by atoms with Gasteiger partial charge in [-0.05, 0) is 26.0 Å². The maximum absolute atomic E-state index is 11.1. The van der Waals surface area contributed by atoms with Crippen molar-refractivity contribution in [3.05, 3.63) is 23.9 Å². The van der Waals surface area contributed by atoms with Gasteiger partial charge in [-0.25, -0.2) is 4.98 Å². The number of aliphatic hydroxyl groups excluding tert-OH is 1. The number of hydrogen-bond donors (Lipinski definition) is 1. The molecule has 1 atom stereocenters. The smallest absolute Gasteiger partial charge is 0.159 e. The number of rotatable bonds is 4. The van der Waals surface area contributed by atoms with Crippen LogP contribution >= 0.6 is 0 Å². The van der Waals surface area contributed by atoms with Crippen molar-refractivity contribution in [1.82, 2.24) is 4.98 Å². The standard InChI is InChI=1S/C11H16N2O2/c1-8(14)7-13(3)11-6-10(9(2)15)4-5-12-11/h4-6,8,14H,7H2,1-3H3. The van der Waals surface area contributed by atoms with Gasteiger partial charge in [-0.3, -0.25) is 4.79 Å². The van der Waals surface area contributed by atoms with Gasteiger partial charge in [-0.1, -0.05) is 0 Å². The molecule has 1 unspecified atom stereocenters. The van der Waals surface area contributed by atoms with Crippen LogP contribution < -0.4 is 4.90 Å². The zero-order valence-corrected chi connectivity index (χ0v) is 9.27. The Morgan fingerprint density at radius 2 is 2.33 bits per heavy atom. The molecular formula is C11H16N2O2. The Morgan fingerprint density at radius 3 is 2.87 bits per heavy atom. The lowest BCUT2D eigenvalue weighted by atomic mass is 10.2. The van der Waals surface area contributed by atoms with E-state index in [4.69, 9.17) is 0 Å². The van der Waals surface area contributed by atoms with Crippen LogP contribution in [0, 0.1) is 0 Å². The van der Waals surface area contributed by atoms with Gasteiger partial charge in [-0.2, -0.15) is 0 Å². The van der Waals surface area contributed by atoms with Crippen LogP contribution in [0.2, 0.25) is 0 Å². The normalized spacial score (nSPS) is 12.3. The largest absolute Gasteiger partial charge is 0.392 e. The molecule has 1 aromatic rings. The minimum atomic E-state index is -0.419. The summed E-state index contributed by atoms with van der Waals surface area (Å²) in [4.78, 5) is 17.1. The summed E-state index contributed by atoms with van der Waals surface area (Å²) in [6, 6.07) is 3.41. The first-order valence-corrected chi connectivity index (χ1v) is 4.87. The molecule has 0 bridgehead atoms. The monoisotopic (exact) mass is 208 g/mol. The lowest BCUT2D eigenvalue weighted by Gasteiger charge is -2.19. The van der Waals surface area contributed by atoms with Gasteiger partial charge in [0.05, 0.1) is 6.10 Å². The number of aromatic nitrogens is 1. The fourth-order valence-corrected chi connectivity index (χ4v) is 1.34. The van der Waals surface area contributed by atoms with Gasteiger partial charge >= 0.3 is 0 Å². The second-order valence-corrected chi connectivity index (χ2v) is 3.69. The molecule has 82 valence electrons. The number of anilines is 1. The number of likely N-dealkylation sites (N-methyl/N-ethyl adjacent to an activating group) is 1. The summed E-state index contributed by atoms with van der Waals surface area (Å²) < 4.78 is 0. The van der Waals surface area contributed by atoms with E-state index >= 15 is 0 Å². The molecule has 0 aliphatic carbocycles. The number of aliphatic hydroxyl groups is 1. The second-order valence-electron chi connectivity index (χ2n) is 3.69. The summed E-state index contributed by atoms with van der Waals surface area (Å²) in [5, 5.41) is 9.23. The lowest BCUT2D eigenvalue weighted by molar-refractivity contribution is 0.101. The van der Waals surface area contributed by atoms with Gasteiger partial charge in [0.25, 0.3) is 0 Å². The van der Waals surface area contributed by atoms with Crippen LogP contribution in [0.1, 0.15) is 24.2 Å². The van der Waals surface area contributed by atoms with Crippen molar-refractivity contribution in [2.45, 2.75) is 20.0 Å². The van der Waals surface area contributed by atoms with Gasteiger partial charge in [0.15, 0.2) is 5.78 Å². The van der Waals surface area contributed by atoms with Crippen molar-refractivity contribution in [1.29, 1.82) is 0 Å². The minimum absolute atomic E-state index is 0.0177. The number of Topliss-reactive ketones (excluding diaryl/α,β-unsaturated/α-hetero) is 1. The average Bonchev–Trinajstić information content (AvgIpc) is 2.17. The molecule has 1 rings (SSSR count). The Balaban J connectivity index is 2.85. The number of pyridine rings is 1. The van der Waals surface area contributed by atoms with Crippen LogP contribution in [-0.4, -0.2) is 35.6 Å². The zero-order valence-electron chi connectivity index (χ0n) is 9.27. The topological polar surface area (TPSA) is 53.4 Å². The molecular weight excluding hydrogens is 192 g/mol. The third-order valence-corrected chi connectivity index (χ3v) is 2.08. The second kappa shape index (κ2) is 4.89. The molecule has 0 aromatic carbocycles. The molecule has 0 aliphatic heterocycles. The number of carbonyl (C=O) groups is 1. The van der Waals surface area contributed by atoms with Gasteiger partial charge in [-0.15, -0.1) is 0 Å². The minimum Gasteiger partial charge on any atom is -0.392 e. The Bertz CT molecular complexity index is 350. The summed E-state index contributed by atoms with van der Waals surface area (Å²) in [6.45, 7) is 3.73. The highest BCUT2D eigenvalue weighted by Crippen LogP contribution is 2.11. The van der Waals surface area contributed by atoms with Crippen molar-refractivity contribution < 1.29 is 9.90 Å². The van der Waals surface area contributed by atoms with Gasteiger partial charge in [0.2, 0.25) is 0 Å². The van der Waals surface area contributed by atoms with Crippen molar-refractivity contribution in [2.24, 2.45) is 0 Å². The van der Waals surface area contributed by atoms with Crippen LogP contribution in [0.15, 0.2) is 18.3 Å². The number of ketones is 1. The highest BCUT2D eigenvalue weighted by molar-refractivity contribution is 5.94. The fraction of sp³-hybridized carbons (Fsp3) is 0.455. The van der Waals surface area contributed by atoms with E-state index in [0.29, 0.717) is 17.9 Å². The molecule has 0 saturated heterocycles. The van der Waals surface area contributed by atoms with Gasteiger partial charge < -0.3 is 10.0 Å². The Hall–Kier alpha value is -1.42. The first-order chi connectivity index (χ1) is 7.00.